The average Bonchev–Trinajstić information content (AvgIpc) is 2.70. The molecule has 0 saturated heterocycles. The molecule has 1 aliphatic rings. The Morgan fingerprint density at radius 2 is 2.21 bits per heavy atom. The number of hydrogen-bond donors (Lipinski definition) is 2. The van der Waals surface area contributed by atoms with Crippen LogP contribution in [0.3, 0.4) is 0 Å². The van der Waals surface area contributed by atoms with Crippen molar-refractivity contribution in [3.05, 3.63) is 34.9 Å². The largest absolute Gasteiger partial charge is 0.380 e. The summed E-state index contributed by atoms with van der Waals surface area (Å²) in [6, 6.07) is 7.24. The van der Waals surface area contributed by atoms with Crippen LogP contribution in [0.5, 0.6) is 0 Å². The number of hydrogen-bond acceptors (Lipinski definition) is 3. The number of aliphatic hydroxyl groups excluding tert-OH is 1. The van der Waals surface area contributed by atoms with Gasteiger partial charge >= 0.3 is 0 Å². The van der Waals surface area contributed by atoms with Crippen molar-refractivity contribution in [2.24, 2.45) is 4.99 Å². The zero-order valence-electron chi connectivity index (χ0n) is 7.57. The highest BCUT2D eigenvalue weighted by Crippen LogP contribution is 2.23. The van der Waals surface area contributed by atoms with Gasteiger partial charge in [-0.25, -0.2) is 0 Å². The molecule has 0 saturated carbocycles. The van der Waals surface area contributed by atoms with Crippen molar-refractivity contribution < 1.29 is 5.11 Å². The lowest BCUT2D eigenvalue weighted by molar-refractivity contribution is 0.244. The Balaban J connectivity index is 2.26. The predicted octanol–water partition coefficient (Wildman–Crippen LogP) is 1.38. The quantitative estimate of drug-likeness (QED) is 0.775. The SMILES string of the molecule is OC(C1=NCCN1)c1ccccc1Cl. The molecular formula is C10H11ClN2O. The third-order valence-electron chi connectivity index (χ3n) is 2.16. The minimum absolute atomic E-state index is 0.566. The number of amidine groups is 1. The molecule has 14 heavy (non-hydrogen) atoms. The average molecular weight is 211 g/mol. The van der Waals surface area contributed by atoms with E-state index in [0.717, 1.165) is 13.1 Å². The summed E-state index contributed by atoms with van der Waals surface area (Å²) in [5.74, 6) is 0.609. The van der Waals surface area contributed by atoms with E-state index in [1.807, 2.05) is 12.1 Å². The van der Waals surface area contributed by atoms with Gasteiger partial charge in [0.15, 0.2) is 0 Å². The molecule has 2 rings (SSSR count). The zero-order valence-corrected chi connectivity index (χ0v) is 8.33. The summed E-state index contributed by atoms with van der Waals surface area (Å²) in [7, 11) is 0. The van der Waals surface area contributed by atoms with Gasteiger partial charge in [-0.2, -0.15) is 0 Å². The molecule has 1 aliphatic heterocycles. The Morgan fingerprint density at radius 3 is 2.86 bits per heavy atom. The molecule has 2 N–H and O–H groups in total. The summed E-state index contributed by atoms with van der Waals surface area (Å²) >= 11 is 5.95. The number of nitrogens with one attached hydrogen (secondary N) is 1. The van der Waals surface area contributed by atoms with Crippen LogP contribution in [0.25, 0.3) is 0 Å². The minimum atomic E-state index is -0.730. The van der Waals surface area contributed by atoms with Crippen LogP contribution < -0.4 is 5.32 Å². The fourth-order valence-corrected chi connectivity index (χ4v) is 1.68. The third kappa shape index (κ3) is 1.74. The van der Waals surface area contributed by atoms with Gasteiger partial charge in [-0.3, -0.25) is 4.99 Å². The van der Waals surface area contributed by atoms with Crippen LogP contribution in [0, 0.1) is 0 Å². The van der Waals surface area contributed by atoms with E-state index in [-0.39, 0.29) is 0 Å². The van der Waals surface area contributed by atoms with Crippen molar-refractivity contribution in [2.45, 2.75) is 6.10 Å². The van der Waals surface area contributed by atoms with Crippen LogP contribution in [0.4, 0.5) is 0 Å². The van der Waals surface area contributed by atoms with Crippen molar-refractivity contribution in [2.75, 3.05) is 13.1 Å². The Labute approximate surface area is 87.4 Å². The van der Waals surface area contributed by atoms with Gasteiger partial charge in [0.05, 0.1) is 6.54 Å². The van der Waals surface area contributed by atoms with E-state index in [0.29, 0.717) is 16.4 Å². The summed E-state index contributed by atoms with van der Waals surface area (Å²) in [6.07, 6.45) is -0.730. The number of benzene rings is 1. The summed E-state index contributed by atoms with van der Waals surface area (Å²) in [5.41, 5.74) is 0.697. The van der Waals surface area contributed by atoms with Crippen LogP contribution in [0.2, 0.25) is 5.02 Å². The van der Waals surface area contributed by atoms with E-state index < -0.39 is 6.10 Å². The fourth-order valence-electron chi connectivity index (χ4n) is 1.44. The first kappa shape index (κ1) is 9.49. The van der Waals surface area contributed by atoms with Crippen molar-refractivity contribution in [1.82, 2.24) is 5.32 Å². The molecule has 0 fully saturated rings. The molecule has 0 aliphatic carbocycles. The standard InChI is InChI=1S/C10H11ClN2O/c11-8-4-2-1-3-7(8)9(14)10-12-5-6-13-10/h1-4,9,14H,5-6H2,(H,12,13). The molecule has 0 bridgehead atoms. The second kappa shape index (κ2) is 3.98. The second-order valence-corrected chi connectivity index (χ2v) is 3.52. The van der Waals surface area contributed by atoms with Crippen LogP contribution in [-0.2, 0) is 0 Å². The van der Waals surface area contributed by atoms with Gasteiger partial charge in [-0.15, -0.1) is 0 Å². The number of aliphatic imine (C=N–C) groups is 1. The maximum Gasteiger partial charge on any atom is 0.137 e. The van der Waals surface area contributed by atoms with Crippen LogP contribution in [0.15, 0.2) is 29.3 Å². The van der Waals surface area contributed by atoms with Crippen LogP contribution >= 0.6 is 11.6 Å². The molecule has 0 aromatic heterocycles. The fraction of sp³-hybridized carbons (Fsp3) is 0.300. The van der Waals surface area contributed by atoms with Crippen molar-refractivity contribution in [1.29, 1.82) is 0 Å². The van der Waals surface area contributed by atoms with Crippen molar-refractivity contribution in [3.63, 3.8) is 0 Å². The lowest BCUT2D eigenvalue weighted by Gasteiger charge is -2.12. The van der Waals surface area contributed by atoms with E-state index in [2.05, 4.69) is 10.3 Å². The highest BCUT2D eigenvalue weighted by molar-refractivity contribution is 6.31. The Kier molecular flexibility index (Phi) is 2.70. The molecule has 1 aromatic rings. The predicted molar refractivity (Wildman–Crippen MR) is 56.7 cm³/mol. The highest BCUT2D eigenvalue weighted by Gasteiger charge is 2.19. The van der Waals surface area contributed by atoms with E-state index >= 15 is 0 Å². The molecule has 4 heteroatoms. The lowest BCUT2D eigenvalue weighted by atomic mass is 10.1. The minimum Gasteiger partial charge on any atom is -0.380 e. The number of aliphatic hydroxyl groups is 1. The highest BCUT2D eigenvalue weighted by atomic mass is 35.5. The molecule has 1 aromatic carbocycles. The smallest absolute Gasteiger partial charge is 0.137 e. The molecule has 0 spiro atoms. The van der Waals surface area contributed by atoms with Gasteiger partial charge in [-0.1, -0.05) is 29.8 Å². The van der Waals surface area contributed by atoms with E-state index in [1.165, 1.54) is 0 Å². The molecule has 0 amide bonds. The molecular weight excluding hydrogens is 200 g/mol. The van der Waals surface area contributed by atoms with E-state index in [4.69, 9.17) is 11.6 Å². The molecule has 1 unspecified atom stereocenters. The molecule has 74 valence electrons. The van der Waals surface area contributed by atoms with Gasteiger partial charge in [0, 0.05) is 17.1 Å². The molecule has 1 atom stereocenters. The summed E-state index contributed by atoms with van der Waals surface area (Å²) in [4.78, 5) is 4.15. The maximum absolute atomic E-state index is 9.92. The van der Waals surface area contributed by atoms with Crippen LogP contribution in [0.1, 0.15) is 11.7 Å². The first-order valence-electron chi connectivity index (χ1n) is 4.50. The van der Waals surface area contributed by atoms with Crippen LogP contribution in [-0.4, -0.2) is 24.0 Å². The van der Waals surface area contributed by atoms with E-state index in [1.54, 1.807) is 12.1 Å². The van der Waals surface area contributed by atoms with Gasteiger partial charge in [0.2, 0.25) is 0 Å². The van der Waals surface area contributed by atoms with Crippen molar-refractivity contribution in [3.8, 4) is 0 Å². The maximum atomic E-state index is 9.92. The van der Waals surface area contributed by atoms with E-state index in [9.17, 15) is 5.11 Å². The normalized spacial score (nSPS) is 17.4. The van der Waals surface area contributed by atoms with Gasteiger partial charge in [-0.05, 0) is 6.07 Å². The first-order chi connectivity index (χ1) is 6.79. The molecule has 0 radical (unpaired) electrons. The summed E-state index contributed by atoms with van der Waals surface area (Å²) in [6.45, 7) is 1.51. The Hall–Kier alpha value is -1.06. The summed E-state index contributed by atoms with van der Waals surface area (Å²) < 4.78 is 0. The first-order valence-corrected chi connectivity index (χ1v) is 4.87. The zero-order chi connectivity index (χ0) is 9.97. The topological polar surface area (TPSA) is 44.6 Å². The summed E-state index contributed by atoms with van der Waals surface area (Å²) in [5, 5.41) is 13.5. The number of halogens is 1. The molecule has 3 nitrogen and oxygen atoms in total. The Bertz CT molecular complexity index is 365. The Morgan fingerprint density at radius 1 is 1.43 bits per heavy atom. The third-order valence-corrected chi connectivity index (χ3v) is 2.50. The monoisotopic (exact) mass is 210 g/mol. The number of nitrogens with zero attached hydrogens (tertiary/aromatic N) is 1. The number of rotatable bonds is 2. The second-order valence-electron chi connectivity index (χ2n) is 3.12. The van der Waals surface area contributed by atoms with Gasteiger partial charge < -0.3 is 10.4 Å². The molecule has 1 heterocycles. The lowest BCUT2D eigenvalue weighted by Crippen LogP contribution is -2.25. The van der Waals surface area contributed by atoms with Gasteiger partial charge in [0.25, 0.3) is 0 Å². The van der Waals surface area contributed by atoms with Crippen molar-refractivity contribution >= 4 is 17.4 Å². The van der Waals surface area contributed by atoms with Gasteiger partial charge in [0.1, 0.15) is 11.9 Å².